The summed E-state index contributed by atoms with van der Waals surface area (Å²) in [6.07, 6.45) is 3.16. The fourth-order valence-electron chi connectivity index (χ4n) is 3.06. The van der Waals surface area contributed by atoms with Crippen LogP contribution in [0.2, 0.25) is 0 Å². The lowest BCUT2D eigenvalue weighted by Crippen LogP contribution is -2.36. The third-order valence-corrected chi connectivity index (χ3v) is 4.31. The fourth-order valence-corrected chi connectivity index (χ4v) is 3.06. The maximum atomic E-state index is 12.6. The molecular weight excluding hydrogens is 264 g/mol. The maximum absolute atomic E-state index is 12.6. The quantitative estimate of drug-likeness (QED) is 0.848. The van der Waals surface area contributed by atoms with Crippen LogP contribution in [0.15, 0.2) is 24.3 Å². The summed E-state index contributed by atoms with van der Waals surface area (Å²) in [5.41, 5.74) is 1.46. The van der Waals surface area contributed by atoms with E-state index in [9.17, 15) is 4.79 Å². The lowest BCUT2D eigenvalue weighted by atomic mass is 9.95. The van der Waals surface area contributed by atoms with Crippen LogP contribution in [0.1, 0.15) is 38.9 Å². The monoisotopic (exact) mass is 286 g/mol. The molecule has 0 saturated carbocycles. The van der Waals surface area contributed by atoms with Crippen LogP contribution in [0.25, 0.3) is 11.0 Å². The molecule has 0 spiro atoms. The Morgan fingerprint density at radius 1 is 1.43 bits per heavy atom. The second-order valence-corrected chi connectivity index (χ2v) is 5.95. The Hall–Kier alpha value is -1.68. The van der Waals surface area contributed by atoms with E-state index in [0.29, 0.717) is 13.0 Å². The van der Waals surface area contributed by atoms with Gasteiger partial charge in [-0.05, 0) is 38.3 Å². The Labute approximate surface area is 125 Å². The molecule has 4 heteroatoms. The average Bonchev–Trinajstić information content (AvgIpc) is 3.06. The number of benzene rings is 1. The molecule has 21 heavy (non-hydrogen) atoms. The highest BCUT2D eigenvalue weighted by Gasteiger charge is 2.37. The molecule has 0 N–H and O–H groups in total. The van der Waals surface area contributed by atoms with Crippen LogP contribution in [0.3, 0.4) is 0 Å². The average molecular weight is 286 g/mol. The van der Waals surface area contributed by atoms with Gasteiger partial charge in [-0.25, -0.2) is 4.98 Å². The molecule has 0 amide bonds. The van der Waals surface area contributed by atoms with Gasteiger partial charge >= 0.3 is 0 Å². The van der Waals surface area contributed by atoms with Crippen molar-refractivity contribution < 1.29 is 9.53 Å². The Bertz CT molecular complexity index is 654. The summed E-state index contributed by atoms with van der Waals surface area (Å²) in [5.74, 6) is 1.01. The summed E-state index contributed by atoms with van der Waals surface area (Å²) >= 11 is 0. The number of hydrogen-bond donors (Lipinski definition) is 0. The van der Waals surface area contributed by atoms with Gasteiger partial charge in [-0.3, -0.25) is 4.79 Å². The maximum Gasteiger partial charge on any atom is 0.171 e. The molecule has 1 aromatic heterocycles. The van der Waals surface area contributed by atoms with Crippen molar-refractivity contribution in [2.45, 2.75) is 51.7 Å². The molecule has 3 rings (SSSR count). The summed E-state index contributed by atoms with van der Waals surface area (Å²) < 4.78 is 7.83. The number of carbonyl (C=O) groups is 1. The highest BCUT2D eigenvalue weighted by molar-refractivity contribution is 5.89. The normalized spacial score (nSPS) is 22.0. The Kier molecular flexibility index (Phi) is 3.81. The Balaban J connectivity index is 1.92. The standard InChI is InChI=1S/C17H22N2O2/c1-3-10-19-14-8-5-4-7-13(14)18-16(19)12-15(20)17(2)9-6-11-21-17/h4-5,7-8H,3,6,9-12H2,1-2H3. The van der Waals surface area contributed by atoms with E-state index in [1.807, 2.05) is 25.1 Å². The van der Waals surface area contributed by atoms with Gasteiger partial charge in [0, 0.05) is 13.2 Å². The van der Waals surface area contributed by atoms with Crippen LogP contribution in [-0.4, -0.2) is 27.5 Å². The lowest BCUT2D eigenvalue weighted by Gasteiger charge is -2.21. The second kappa shape index (κ2) is 5.60. The molecule has 0 aliphatic carbocycles. The number of para-hydroxylation sites is 2. The van der Waals surface area contributed by atoms with Crippen LogP contribution >= 0.6 is 0 Å². The number of rotatable bonds is 5. The molecule has 112 valence electrons. The first-order valence-electron chi connectivity index (χ1n) is 7.75. The molecule has 0 bridgehead atoms. The van der Waals surface area contributed by atoms with Gasteiger partial charge in [0.15, 0.2) is 5.78 Å². The van der Waals surface area contributed by atoms with E-state index in [0.717, 1.165) is 42.7 Å². The number of aryl methyl sites for hydroxylation is 1. The third-order valence-electron chi connectivity index (χ3n) is 4.31. The van der Waals surface area contributed by atoms with E-state index in [1.54, 1.807) is 0 Å². The first-order valence-corrected chi connectivity index (χ1v) is 7.75. The van der Waals surface area contributed by atoms with Gasteiger partial charge in [-0.2, -0.15) is 0 Å². The first kappa shape index (κ1) is 14.3. The largest absolute Gasteiger partial charge is 0.367 e. The summed E-state index contributed by atoms with van der Waals surface area (Å²) in [7, 11) is 0. The Morgan fingerprint density at radius 3 is 2.95 bits per heavy atom. The molecule has 1 fully saturated rings. The molecule has 1 aliphatic rings. The molecule has 2 heterocycles. The molecule has 1 aromatic carbocycles. The van der Waals surface area contributed by atoms with E-state index >= 15 is 0 Å². The van der Waals surface area contributed by atoms with Gasteiger partial charge in [0.2, 0.25) is 0 Å². The van der Waals surface area contributed by atoms with Gasteiger partial charge in [0.05, 0.1) is 17.5 Å². The molecule has 1 saturated heterocycles. The zero-order valence-electron chi connectivity index (χ0n) is 12.8. The van der Waals surface area contributed by atoms with Crippen molar-refractivity contribution in [3.8, 4) is 0 Å². The third kappa shape index (κ3) is 2.60. The minimum Gasteiger partial charge on any atom is -0.367 e. The van der Waals surface area contributed by atoms with Crippen molar-refractivity contribution in [1.29, 1.82) is 0 Å². The van der Waals surface area contributed by atoms with Crippen molar-refractivity contribution in [2.75, 3.05) is 6.61 Å². The number of Topliss-reactive ketones (excluding diaryl/α,β-unsaturated/α-hetero) is 1. The number of ketones is 1. The van der Waals surface area contributed by atoms with Crippen molar-refractivity contribution in [3.05, 3.63) is 30.1 Å². The summed E-state index contributed by atoms with van der Waals surface area (Å²) in [5, 5.41) is 0. The fraction of sp³-hybridized carbons (Fsp3) is 0.529. The molecule has 0 radical (unpaired) electrons. The lowest BCUT2D eigenvalue weighted by molar-refractivity contribution is -0.136. The van der Waals surface area contributed by atoms with E-state index in [4.69, 9.17) is 4.74 Å². The van der Waals surface area contributed by atoms with E-state index in [-0.39, 0.29) is 5.78 Å². The van der Waals surface area contributed by atoms with Crippen LogP contribution in [0.5, 0.6) is 0 Å². The van der Waals surface area contributed by atoms with Crippen LogP contribution in [0, 0.1) is 0 Å². The number of ether oxygens (including phenoxy) is 1. The van der Waals surface area contributed by atoms with E-state index < -0.39 is 5.60 Å². The number of nitrogens with zero attached hydrogens (tertiary/aromatic N) is 2. The van der Waals surface area contributed by atoms with Gasteiger partial charge in [-0.15, -0.1) is 0 Å². The number of aromatic nitrogens is 2. The van der Waals surface area contributed by atoms with Crippen LogP contribution in [-0.2, 0) is 22.5 Å². The molecule has 1 aliphatic heterocycles. The second-order valence-electron chi connectivity index (χ2n) is 5.95. The number of hydrogen-bond acceptors (Lipinski definition) is 3. The smallest absolute Gasteiger partial charge is 0.171 e. The van der Waals surface area contributed by atoms with Gasteiger partial charge in [0.1, 0.15) is 11.4 Å². The van der Waals surface area contributed by atoms with Gasteiger partial charge in [0.25, 0.3) is 0 Å². The SMILES string of the molecule is CCCn1c(CC(=O)C2(C)CCCO2)nc2ccccc21. The van der Waals surface area contributed by atoms with Crippen molar-refractivity contribution in [2.24, 2.45) is 0 Å². The summed E-state index contributed by atoms with van der Waals surface area (Å²) in [6, 6.07) is 8.07. The number of carbonyl (C=O) groups excluding carboxylic acids is 1. The molecule has 4 nitrogen and oxygen atoms in total. The first-order chi connectivity index (χ1) is 10.1. The summed E-state index contributed by atoms with van der Waals surface area (Å²) in [4.78, 5) is 17.3. The number of fused-ring (bicyclic) bond motifs is 1. The molecule has 1 unspecified atom stereocenters. The van der Waals surface area contributed by atoms with Crippen LogP contribution < -0.4 is 0 Å². The molecule has 1 atom stereocenters. The van der Waals surface area contributed by atoms with Gasteiger partial charge in [-0.1, -0.05) is 19.1 Å². The van der Waals surface area contributed by atoms with Crippen molar-refractivity contribution in [1.82, 2.24) is 9.55 Å². The topological polar surface area (TPSA) is 44.1 Å². The zero-order chi connectivity index (χ0) is 14.9. The number of imidazole rings is 1. The van der Waals surface area contributed by atoms with E-state index in [2.05, 4.69) is 22.5 Å². The van der Waals surface area contributed by atoms with Gasteiger partial charge < -0.3 is 9.30 Å². The summed E-state index contributed by atoms with van der Waals surface area (Å²) in [6.45, 7) is 5.63. The highest BCUT2D eigenvalue weighted by atomic mass is 16.5. The molecular formula is C17H22N2O2. The van der Waals surface area contributed by atoms with E-state index in [1.165, 1.54) is 0 Å². The molecule has 2 aromatic rings. The highest BCUT2D eigenvalue weighted by Crippen LogP contribution is 2.28. The van der Waals surface area contributed by atoms with Crippen LogP contribution in [0.4, 0.5) is 0 Å². The zero-order valence-corrected chi connectivity index (χ0v) is 12.8. The predicted octanol–water partition coefficient (Wildman–Crippen LogP) is 3.13. The Morgan fingerprint density at radius 2 is 2.24 bits per heavy atom. The van der Waals surface area contributed by atoms with Crippen molar-refractivity contribution >= 4 is 16.8 Å². The minimum atomic E-state index is -0.616. The van der Waals surface area contributed by atoms with Crippen molar-refractivity contribution in [3.63, 3.8) is 0 Å². The minimum absolute atomic E-state index is 0.146. The predicted molar refractivity (Wildman–Crippen MR) is 82.3 cm³/mol.